The van der Waals surface area contributed by atoms with Crippen LogP contribution in [-0.2, 0) is 0 Å². The van der Waals surface area contributed by atoms with Crippen molar-refractivity contribution < 1.29 is 4.42 Å². The van der Waals surface area contributed by atoms with Crippen LogP contribution in [0.3, 0.4) is 0 Å². The molecule has 1 aromatic carbocycles. The lowest BCUT2D eigenvalue weighted by Gasteiger charge is -2.17. The second kappa shape index (κ2) is 5.62. The lowest BCUT2D eigenvalue weighted by molar-refractivity contribution is 0.522. The summed E-state index contributed by atoms with van der Waals surface area (Å²) in [5, 5.41) is 4.37. The van der Waals surface area contributed by atoms with Crippen LogP contribution in [0, 0.1) is 0 Å². The van der Waals surface area contributed by atoms with Gasteiger partial charge >= 0.3 is 0 Å². The molecule has 0 saturated heterocycles. The first-order valence-electron chi connectivity index (χ1n) is 6.09. The number of furan rings is 1. The molecule has 0 aliphatic carbocycles. The van der Waals surface area contributed by atoms with Gasteiger partial charge in [-0.2, -0.15) is 5.10 Å². The van der Waals surface area contributed by atoms with Gasteiger partial charge in [0.15, 0.2) is 4.67 Å². The summed E-state index contributed by atoms with van der Waals surface area (Å²) < 4.78 is 7.79. The van der Waals surface area contributed by atoms with Gasteiger partial charge in [-0.3, -0.25) is 5.84 Å². The normalized spacial score (nSPS) is 12.5. The van der Waals surface area contributed by atoms with Gasteiger partial charge in [-0.15, -0.1) is 0 Å². The highest BCUT2D eigenvalue weighted by atomic mass is 79.9. The molecular weight excluding hydrogens is 320 g/mol. The van der Waals surface area contributed by atoms with Crippen LogP contribution in [0.5, 0.6) is 0 Å². The van der Waals surface area contributed by atoms with Crippen molar-refractivity contribution in [3.05, 3.63) is 70.9 Å². The molecule has 102 valence electrons. The molecule has 0 bridgehead atoms. The molecule has 0 fully saturated rings. The second-order valence-corrected chi connectivity index (χ2v) is 4.97. The molecule has 2 heterocycles. The fraction of sp³-hybridized carbons (Fsp3) is 0.0714. The van der Waals surface area contributed by atoms with Crippen LogP contribution in [0.15, 0.2) is 64.0 Å². The molecule has 20 heavy (non-hydrogen) atoms. The summed E-state index contributed by atoms with van der Waals surface area (Å²) in [6.45, 7) is 0. The topological polar surface area (TPSA) is 69.0 Å². The molecule has 2 aromatic heterocycles. The minimum atomic E-state index is -0.217. The molecular formula is C14H13BrN4O. The number of para-hydroxylation sites is 1. The van der Waals surface area contributed by atoms with Crippen molar-refractivity contribution in [2.24, 2.45) is 5.84 Å². The van der Waals surface area contributed by atoms with E-state index in [2.05, 4.69) is 26.5 Å². The fourth-order valence-electron chi connectivity index (χ4n) is 2.16. The van der Waals surface area contributed by atoms with Crippen LogP contribution >= 0.6 is 15.9 Å². The fourth-order valence-corrected chi connectivity index (χ4v) is 2.63. The molecule has 3 N–H and O–H groups in total. The maximum atomic E-state index is 5.72. The number of hydrazine groups is 1. The van der Waals surface area contributed by atoms with E-state index in [0.29, 0.717) is 4.67 Å². The zero-order valence-corrected chi connectivity index (χ0v) is 12.1. The second-order valence-electron chi connectivity index (χ2n) is 4.25. The van der Waals surface area contributed by atoms with Crippen LogP contribution in [0.25, 0.3) is 5.69 Å². The molecule has 3 rings (SSSR count). The predicted molar refractivity (Wildman–Crippen MR) is 79.1 cm³/mol. The van der Waals surface area contributed by atoms with Crippen molar-refractivity contribution in [1.29, 1.82) is 0 Å². The summed E-state index contributed by atoms with van der Waals surface area (Å²) in [5.74, 6) is 5.72. The van der Waals surface area contributed by atoms with Gasteiger partial charge in [0.05, 0.1) is 23.7 Å². The monoisotopic (exact) mass is 332 g/mol. The van der Waals surface area contributed by atoms with Crippen molar-refractivity contribution in [3.8, 4) is 5.69 Å². The zero-order valence-electron chi connectivity index (χ0n) is 10.5. The average Bonchev–Trinajstić information content (AvgIpc) is 3.11. The number of rotatable bonds is 4. The van der Waals surface area contributed by atoms with E-state index in [1.807, 2.05) is 47.1 Å². The summed E-state index contributed by atoms with van der Waals surface area (Å²) >= 11 is 3.38. The SMILES string of the molecule is NNC(c1ccoc1Br)c1ccnn1-c1ccccc1. The lowest BCUT2D eigenvalue weighted by atomic mass is 10.1. The van der Waals surface area contributed by atoms with Crippen molar-refractivity contribution in [2.75, 3.05) is 0 Å². The summed E-state index contributed by atoms with van der Waals surface area (Å²) in [7, 11) is 0. The van der Waals surface area contributed by atoms with Crippen molar-refractivity contribution in [1.82, 2.24) is 15.2 Å². The third kappa shape index (κ3) is 2.29. The number of hydrogen-bond donors (Lipinski definition) is 2. The molecule has 0 spiro atoms. The Balaban J connectivity index is 2.07. The van der Waals surface area contributed by atoms with Crippen LogP contribution < -0.4 is 11.3 Å². The van der Waals surface area contributed by atoms with Gasteiger partial charge in [-0.05, 0) is 40.2 Å². The van der Waals surface area contributed by atoms with Gasteiger partial charge in [0, 0.05) is 11.8 Å². The standard InChI is InChI=1S/C14H13BrN4O/c15-14-11(7-9-20-14)13(18-16)12-6-8-17-19(12)10-4-2-1-3-5-10/h1-9,13,18H,16H2. The minimum Gasteiger partial charge on any atom is -0.457 e. The van der Waals surface area contributed by atoms with E-state index in [-0.39, 0.29) is 6.04 Å². The van der Waals surface area contributed by atoms with E-state index in [4.69, 9.17) is 10.3 Å². The molecule has 1 atom stereocenters. The Bertz CT molecular complexity index is 692. The van der Waals surface area contributed by atoms with Crippen molar-refractivity contribution >= 4 is 15.9 Å². The van der Waals surface area contributed by atoms with Gasteiger partial charge in [0.2, 0.25) is 0 Å². The Hall–Kier alpha value is -1.89. The van der Waals surface area contributed by atoms with Crippen LogP contribution in [0.4, 0.5) is 0 Å². The maximum absolute atomic E-state index is 5.72. The Kier molecular flexibility index (Phi) is 3.68. The van der Waals surface area contributed by atoms with Gasteiger partial charge < -0.3 is 4.42 Å². The maximum Gasteiger partial charge on any atom is 0.174 e. The number of hydrogen-bond acceptors (Lipinski definition) is 4. The largest absolute Gasteiger partial charge is 0.457 e. The van der Waals surface area contributed by atoms with Crippen LogP contribution in [-0.4, -0.2) is 9.78 Å². The van der Waals surface area contributed by atoms with E-state index in [9.17, 15) is 0 Å². The quantitative estimate of drug-likeness (QED) is 0.569. The number of nitrogens with zero attached hydrogens (tertiary/aromatic N) is 2. The first-order valence-corrected chi connectivity index (χ1v) is 6.89. The Morgan fingerprint density at radius 1 is 1.20 bits per heavy atom. The highest BCUT2D eigenvalue weighted by Crippen LogP contribution is 2.29. The zero-order chi connectivity index (χ0) is 13.9. The highest BCUT2D eigenvalue weighted by molar-refractivity contribution is 9.10. The smallest absolute Gasteiger partial charge is 0.174 e. The highest BCUT2D eigenvalue weighted by Gasteiger charge is 2.21. The van der Waals surface area contributed by atoms with Gasteiger partial charge in [-0.1, -0.05) is 18.2 Å². The van der Waals surface area contributed by atoms with E-state index in [1.54, 1.807) is 12.5 Å². The third-order valence-electron chi connectivity index (χ3n) is 3.09. The molecule has 1 unspecified atom stereocenters. The average molecular weight is 333 g/mol. The Morgan fingerprint density at radius 2 is 2.00 bits per heavy atom. The summed E-state index contributed by atoms with van der Waals surface area (Å²) in [6.07, 6.45) is 3.37. The summed E-state index contributed by atoms with van der Waals surface area (Å²) in [5.41, 5.74) is 5.64. The van der Waals surface area contributed by atoms with E-state index in [0.717, 1.165) is 16.9 Å². The Morgan fingerprint density at radius 3 is 2.65 bits per heavy atom. The Labute approximate surface area is 124 Å². The van der Waals surface area contributed by atoms with E-state index >= 15 is 0 Å². The predicted octanol–water partition coefficient (Wildman–Crippen LogP) is 2.78. The first kappa shape index (κ1) is 13.1. The molecule has 0 saturated carbocycles. The number of halogens is 1. The summed E-state index contributed by atoms with van der Waals surface area (Å²) in [6, 6.07) is 13.5. The van der Waals surface area contributed by atoms with E-state index in [1.165, 1.54) is 0 Å². The molecule has 0 aliphatic heterocycles. The number of nitrogens with one attached hydrogen (secondary N) is 1. The molecule has 3 aromatic rings. The van der Waals surface area contributed by atoms with Crippen molar-refractivity contribution in [2.45, 2.75) is 6.04 Å². The van der Waals surface area contributed by atoms with Gasteiger partial charge in [0.1, 0.15) is 0 Å². The summed E-state index contributed by atoms with van der Waals surface area (Å²) in [4.78, 5) is 0. The lowest BCUT2D eigenvalue weighted by Crippen LogP contribution is -2.30. The van der Waals surface area contributed by atoms with Crippen LogP contribution in [0.2, 0.25) is 0 Å². The van der Waals surface area contributed by atoms with E-state index < -0.39 is 0 Å². The molecule has 5 nitrogen and oxygen atoms in total. The minimum absolute atomic E-state index is 0.217. The molecule has 6 heteroatoms. The molecule has 0 aliphatic rings. The number of nitrogens with two attached hydrogens (primary N) is 1. The van der Waals surface area contributed by atoms with Crippen molar-refractivity contribution in [3.63, 3.8) is 0 Å². The molecule has 0 amide bonds. The number of benzene rings is 1. The first-order chi connectivity index (χ1) is 9.81. The van der Waals surface area contributed by atoms with Crippen LogP contribution in [0.1, 0.15) is 17.3 Å². The third-order valence-corrected chi connectivity index (χ3v) is 3.74. The number of aromatic nitrogens is 2. The molecule has 0 radical (unpaired) electrons. The van der Waals surface area contributed by atoms with Gasteiger partial charge in [-0.25, -0.2) is 10.1 Å². The van der Waals surface area contributed by atoms with Gasteiger partial charge in [0.25, 0.3) is 0 Å².